The number of nitrogens with two attached hydrogens (primary N) is 1. The molecule has 14 heteroatoms. The first-order chi connectivity index (χ1) is 23.5. The summed E-state index contributed by atoms with van der Waals surface area (Å²) >= 11 is 7.77. The van der Waals surface area contributed by atoms with Gasteiger partial charge < -0.3 is 20.3 Å². The smallest absolute Gasteiger partial charge is 0.319 e. The molecule has 7 rings (SSSR count). The number of benzene rings is 2. The second-order valence-corrected chi connectivity index (χ2v) is 14.5. The number of likely N-dealkylation sites (N-methyl/N-ethyl adjacent to an activating group) is 1. The molecule has 3 saturated heterocycles. The molecule has 0 bridgehead atoms. The van der Waals surface area contributed by atoms with Crippen LogP contribution in [0, 0.1) is 23.0 Å². The Balaban J connectivity index is 1.39. The lowest BCUT2D eigenvalue weighted by Gasteiger charge is -2.34. The van der Waals surface area contributed by atoms with E-state index in [1.807, 2.05) is 24.9 Å². The molecule has 5 heterocycles. The van der Waals surface area contributed by atoms with E-state index in [9.17, 15) is 18.8 Å². The molecule has 0 unspecified atom stereocenters. The van der Waals surface area contributed by atoms with Gasteiger partial charge >= 0.3 is 6.01 Å². The van der Waals surface area contributed by atoms with Crippen LogP contribution in [0.3, 0.4) is 0 Å². The van der Waals surface area contributed by atoms with Gasteiger partial charge in [-0.3, -0.25) is 9.69 Å². The van der Waals surface area contributed by atoms with Gasteiger partial charge in [0.15, 0.2) is 5.82 Å². The van der Waals surface area contributed by atoms with E-state index in [1.54, 1.807) is 11.0 Å². The highest BCUT2D eigenvalue weighted by atomic mass is 35.5. The number of likely N-dealkylation sites (tertiary alicyclic amines) is 1. The van der Waals surface area contributed by atoms with E-state index in [-0.39, 0.29) is 72.9 Å². The summed E-state index contributed by atoms with van der Waals surface area (Å²) in [6.45, 7) is 7.41. The average molecular weight is 710 g/mol. The van der Waals surface area contributed by atoms with Gasteiger partial charge in [-0.05, 0) is 56.0 Å². The zero-order valence-corrected chi connectivity index (χ0v) is 28.7. The molecule has 2 aromatic heterocycles. The van der Waals surface area contributed by atoms with Crippen molar-refractivity contribution in [2.45, 2.75) is 62.8 Å². The van der Waals surface area contributed by atoms with Gasteiger partial charge in [0, 0.05) is 42.9 Å². The topological polar surface area (TPSA) is 112 Å². The summed E-state index contributed by atoms with van der Waals surface area (Å²) in [6, 6.07) is 5.71. The van der Waals surface area contributed by atoms with E-state index < -0.39 is 23.3 Å². The molecular weight excluding hydrogens is 675 g/mol. The minimum Gasteiger partial charge on any atom is -0.461 e. The maximum atomic E-state index is 17.1. The fraction of sp³-hybridized carbons (Fsp3) is 0.429. The predicted molar refractivity (Wildman–Crippen MR) is 186 cm³/mol. The molecular formula is C35H35ClF3N7O2S. The van der Waals surface area contributed by atoms with Crippen LogP contribution in [-0.4, -0.2) is 82.8 Å². The summed E-state index contributed by atoms with van der Waals surface area (Å²) in [7, 11) is 1.83. The molecule has 4 atom stereocenters. The summed E-state index contributed by atoms with van der Waals surface area (Å²) in [6.07, 6.45) is 3.65. The zero-order valence-electron chi connectivity index (χ0n) is 27.1. The molecule has 2 N–H and O–H groups in total. The highest BCUT2D eigenvalue weighted by Gasteiger charge is 2.49. The predicted octanol–water partition coefficient (Wildman–Crippen LogP) is 6.85. The number of alkyl halides is 1. The number of aromatic nitrogens is 2. The number of hydrogen-bond donors (Lipinski definition) is 1. The fourth-order valence-corrected chi connectivity index (χ4v) is 9.47. The first kappa shape index (κ1) is 33.4. The normalized spacial score (nSPS) is 23.7. The van der Waals surface area contributed by atoms with Gasteiger partial charge in [0.2, 0.25) is 5.91 Å². The van der Waals surface area contributed by atoms with Crippen LogP contribution in [0.25, 0.3) is 32.1 Å². The van der Waals surface area contributed by atoms with Crippen LogP contribution >= 0.6 is 22.9 Å². The number of carbonyl (C=O) groups excluding carboxylic acids is 1. The van der Waals surface area contributed by atoms with E-state index >= 15 is 4.39 Å². The molecule has 49 heavy (non-hydrogen) atoms. The van der Waals surface area contributed by atoms with Gasteiger partial charge in [-0.15, -0.1) is 11.3 Å². The monoisotopic (exact) mass is 709 g/mol. The minimum atomic E-state index is -0.961. The van der Waals surface area contributed by atoms with Crippen LogP contribution < -0.4 is 15.4 Å². The van der Waals surface area contributed by atoms with Crippen LogP contribution in [0.2, 0.25) is 5.02 Å². The van der Waals surface area contributed by atoms with Crippen molar-refractivity contribution in [1.29, 1.82) is 5.26 Å². The summed E-state index contributed by atoms with van der Waals surface area (Å²) in [5.41, 5.74) is 5.64. The Morgan fingerprint density at radius 3 is 2.88 bits per heavy atom. The molecule has 3 aliphatic heterocycles. The van der Waals surface area contributed by atoms with Crippen molar-refractivity contribution >= 4 is 60.7 Å². The summed E-state index contributed by atoms with van der Waals surface area (Å²) in [5.74, 6) is -1.22. The van der Waals surface area contributed by atoms with Crippen molar-refractivity contribution in [1.82, 2.24) is 19.8 Å². The van der Waals surface area contributed by atoms with Crippen LogP contribution in [-0.2, 0) is 4.79 Å². The quantitative estimate of drug-likeness (QED) is 0.198. The van der Waals surface area contributed by atoms with Gasteiger partial charge in [-0.2, -0.15) is 15.2 Å². The molecule has 256 valence electrons. The highest BCUT2D eigenvalue weighted by Crippen LogP contribution is 2.46. The molecule has 0 aliphatic carbocycles. The minimum absolute atomic E-state index is 0.000780. The number of rotatable bonds is 8. The summed E-state index contributed by atoms with van der Waals surface area (Å²) in [5, 5.41) is 10.5. The van der Waals surface area contributed by atoms with Crippen LogP contribution in [0.1, 0.15) is 44.6 Å². The first-order valence-electron chi connectivity index (χ1n) is 16.3. The number of ether oxygens (including phenoxy) is 1. The lowest BCUT2D eigenvalue weighted by Crippen LogP contribution is -2.45. The highest BCUT2D eigenvalue weighted by molar-refractivity contribution is 7.23. The molecule has 4 aromatic rings. The molecule has 0 saturated carbocycles. The molecule has 2 aromatic carbocycles. The number of nitrogens with zero attached hydrogens (tertiary/aromatic N) is 6. The number of thiophene rings is 1. The van der Waals surface area contributed by atoms with Crippen LogP contribution in [0.15, 0.2) is 30.9 Å². The average Bonchev–Trinajstić information content (AvgIpc) is 3.84. The fourth-order valence-electron chi connectivity index (χ4n) is 8.23. The van der Waals surface area contributed by atoms with Crippen molar-refractivity contribution in [2.24, 2.45) is 0 Å². The number of carbonyl (C=O) groups is 1. The largest absolute Gasteiger partial charge is 0.461 e. The Morgan fingerprint density at radius 1 is 1.35 bits per heavy atom. The molecule has 9 nitrogen and oxygen atoms in total. The van der Waals surface area contributed by atoms with Crippen molar-refractivity contribution < 1.29 is 22.7 Å². The molecule has 3 fully saturated rings. The van der Waals surface area contributed by atoms with E-state index in [4.69, 9.17) is 27.1 Å². The van der Waals surface area contributed by atoms with Crippen molar-refractivity contribution in [2.75, 3.05) is 43.9 Å². The maximum absolute atomic E-state index is 17.1. The van der Waals surface area contributed by atoms with E-state index in [0.717, 1.165) is 30.7 Å². The third kappa shape index (κ3) is 5.36. The van der Waals surface area contributed by atoms with E-state index in [1.165, 1.54) is 18.2 Å². The number of anilines is 2. The third-order valence-electron chi connectivity index (χ3n) is 10.5. The molecule has 0 spiro atoms. The second kappa shape index (κ2) is 12.6. The molecule has 3 aliphatic rings. The Hall–Kier alpha value is -4.12. The SMILES string of the molecule is C=CC(=O)N1CC[C@@H](N(C)c2nc(OC[C@@]34CCCN3C[C@H](F)C4)nc3c(F)c(-c4ccc(F)c5sc(N)c(C#N)c45)c(Cl)cc23)[C@H]1CC. The Bertz CT molecular complexity index is 2050. The van der Waals surface area contributed by atoms with Crippen molar-refractivity contribution in [3.63, 3.8) is 0 Å². The number of nitrogen functional groups attached to an aromatic ring is 1. The number of nitriles is 1. The van der Waals surface area contributed by atoms with Crippen LogP contribution in [0.4, 0.5) is 24.0 Å². The molecule has 1 amide bonds. The number of halogens is 4. The van der Waals surface area contributed by atoms with Gasteiger partial charge in [-0.25, -0.2) is 13.2 Å². The summed E-state index contributed by atoms with van der Waals surface area (Å²) in [4.78, 5) is 27.9. The maximum Gasteiger partial charge on any atom is 0.319 e. The van der Waals surface area contributed by atoms with Gasteiger partial charge in [-0.1, -0.05) is 31.2 Å². The van der Waals surface area contributed by atoms with Crippen molar-refractivity contribution in [3.8, 4) is 23.2 Å². The standard InChI is InChI=1S/C35H35ClF3N7O2S/c1-4-24-25(9-12-46(24)26(47)5-2)44(3)33-20-13-22(36)28(19-7-8-23(38)31-27(19)21(15-40)32(41)49-31)29(39)30(20)42-34(43-33)48-17-35-10-6-11-45(35)16-18(37)14-35/h5,7-8,13,18,24-25H,2,4,6,9-12,14,16-17,41H2,1,3H3/t18-,24-,25-,35+/m1/s1. The second-order valence-electron chi connectivity index (χ2n) is 13.1. The van der Waals surface area contributed by atoms with Gasteiger partial charge in [0.1, 0.15) is 41.0 Å². The van der Waals surface area contributed by atoms with Crippen LogP contribution in [0.5, 0.6) is 6.01 Å². The Labute approximate surface area is 290 Å². The number of fused-ring (bicyclic) bond motifs is 3. The lowest BCUT2D eigenvalue weighted by molar-refractivity contribution is -0.126. The first-order valence-corrected chi connectivity index (χ1v) is 17.5. The van der Waals surface area contributed by atoms with E-state index in [0.29, 0.717) is 43.6 Å². The van der Waals surface area contributed by atoms with Gasteiger partial charge in [0.25, 0.3) is 0 Å². The molecule has 0 radical (unpaired) electrons. The van der Waals surface area contributed by atoms with Crippen molar-refractivity contribution in [3.05, 3.63) is 53.1 Å². The Morgan fingerprint density at radius 2 is 2.14 bits per heavy atom. The van der Waals surface area contributed by atoms with Gasteiger partial charge in [0.05, 0.1) is 32.9 Å². The zero-order chi connectivity index (χ0) is 34.8. The Kier molecular flexibility index (Phi) is 8.61. The number of hydrogen-bond acceptors (Lipinski definition) is 9. The third-order valence-corrected chi connectivity index (χ3v) is 11.8. The lowest BCUT2D eigenvalue weighted by atomic mass is 9.95. The van der Waals surface area contributed by atoms with E-state index in [2.05, 4.69) is 16.5 Å². The number of amides is 1. The summed E-state index contributed by atoms with van der Waals surface area (Å²) < 4.78 is 52.9.